The molecule has 0 spiro atoms. The molecule has 24 heavy (non-hydrogen) atoms. The summed E-state index contributed by atoms with van der Waals surface area (Å²) in [6.07, 6.45) is 4.49. The molecule has 2 aliphatic rings. The zero-order valence-corrected chi connectivity index (χ0v) is 14.3. The number of anilines is 1. The van der Waals surface area contributed by atoms with Crippen LogP contribution in [0.4, 0.5) is 5.69 Å². The van der Waals surface area contributed by atoms with Crippen molar-refractivity contribution in [3.05, 3.63) is 29.8 Å². The highest BCUT2D eigenvalue weighted by Crippen LogP contribution is 2.25. The summed E-state index contributed by atoms with van der Waals surface area (Å²) < 4.78 is 0. The lowest BCUT2D eigenvalue weighted by atomic mass is 9.93. The summed E-state index contributed by atoms with van der Waals surface area (Å²) in [6.45, 7) is 3.56. The minimum atomic E-state index is 0.0113. The van der Waals surface area contributed by atoms with Crippen molar-refractivity contribution in [1.82, 2.24) is 4.90 Å². The quantitative estimate of drug-likeness (QED) is 0.926. The van der Waals surface area contributed by atoms with Gasteiger partial charge in [-0.3, -0.25) is 9.59 Å². The summed E-state index contributed by atoms with van der Waals surface area (Å²) in [4.78, 5) is 28.5. The first-order valence-corrected chi connectivity index (χ1v) is 8.92. The number of rotatable bonds is 3. The molecule has 2 fully saturated rings. The number of hydrogen-bond acceptors (Lipinski definition) is 3. The lowest BCUT2D eigenvalue weighted by Crippen LogP contribution is -2.46. The van der Waals surface area contributed by atoms with E-state index in [1.807, 2.05) is 34.1 Å². The molecule has 0 aromatic heterocycles. The SMILES string of the molecule is CC1CCC(CO)CN1C(=O)c1ccc(N2CCCCC2=O)cc1. The number of aliphatic hydroxyl groups is 1. The van der Waals surface area contributed by atoms with E-state index >= 15 is 0 Å². The van der Waals surface area contributed by atoms with Crippen LogP contribution in [0.25, 0.3) is 0 Å². The molecule has 2 saturated heterocycles. The Balaban J connectivity index is 1.72. The maximum atomic E-state index is 12.8. The van der Waals surface area contributed by atoms with Gasteiger partial charge in [0.2, 0.25) is 5.91 Å². The second-order valence-electron chi connectivity index (χ2n) is 6.98. The van der Waals surface area contributed by atoms with E-state index in [0.717, 1.165) is 37.9 Å². The molecule has 5 heteroatoms. The van der Waals surface area contributed by atoms with Gasteiger partial charge >= 0.3 is 0 Å². The molecular weight excluding hydrogens is 304 g/mol. The number of benzene rings is 1. The van der Waals surface area contributed by atoms with E-state index in [1.54, 1.807) is 0 Å². The van der Waals surface area contributed by atoms with Crippen LogP contribution in [0, 0.1) is 5.92 Å². The highest BCUT2D eigenvalue weighted by molar-refractivity contribution is 5.97. The van der Waals surface area contributed by atoms with Crippen molar-refractivity contribution in [1.29, 1.82) is 0 Å². The molecule has 1 N–H and O–H groups in total. The lowest BCUT2D eigenvalue weighted by Gasteiger charge is -2.37. The zero-order valence-electron chi connectivity index (χ0n) is 14.3. The third-order valence-electron chi connectivity index (χ3n) is 5.25. The molecule has 1 aromatic rings. The van der Waals surface area contributed by atoms with Crippen LogP contribution in [0.5, 0.6) is 0 Å². The molecule has 2 heterocycles. The minimum Gasteiger partial charge on any atom is -0.396 e. The van der Waals surface area contributed by atoms with Crippen LogP contribution in [-0.2, 0) is 4.79 Å². The summed E-state index contributed by atoms with van der Waals surface area (Å²) in [6, 6.07) is 7.57. The van der Waals surface area contributed by atoms with Crippen LogP contribution in [0.2, 0.25) is 0 Å². The Morgan fingerprint density at radius 3 is 2.62 bits per heavy atom. The van der Waals surface area contributed by atoms with E-state index in [9.17, 15) is 14.7 Å². The fourth-order valence-electron chi connectivity index (χ4n) is 3.64. The maximum Gasteiger partial charge on any atom is 0.254 e. The maximum absolute atomic E-state index is 12.8. The third kappa shape index (κ3) is 3.46. The van der Waals surface area contributed by atoms with Crippen molar-refractivity contribution >= 4 is 17.5 Å². The number of piperidine rings is 2. The summed E-state index contributed by atoms with van der Waals surface area (Å²) >= 11 is 0. The van der Waals surface area contributed by atoms with E-state index < -0.39 is 0 Å². The number of carbonyl (C=O) groups excluding carboxylic acids is 2. The molecule has 2 amide bonds. The van der Waals surface area contributed by atoms with Gasteiger partial charge in [0, 0.05) is 43.4 Å². The molecule has 0 saturated carbocycles. The number of amides is 2. The third-order valence-corrected chi connectivity index (χ3v) is 5.25. The Hall–Kier alpha value is -1.88. The van der Waals surface area contributed by atoms with Crippen LogP contribution >= 0.6 is 0 Å². The van der Waals surface area contributed by atoms with Crippen molar-refractivity contribution in [3.63, 3.8) is 0 Å². The summed E-state index contributed by atoms with van der Waals surface area (Å²) in [5.41, 5.74) is 1.52. The first-order chi connectivity index (χ1) is 11.6. The molecule has 2 atom stereocenters. The number of nitrogens with zero attached hydrogens (tertiary/aromatic N) is 2. The molecule has 2 aliphatic heterocycles. The first-order valence-electron chi connectivity index (χ1n) is 8.92. The fraction of sp³-hybridized carbons (Fsp3) is 0.579. The van der Waals surface area contributed by atoms with E-state index in [4.69, 9.17) is 0 Å². The van der Waals surface area contributed by atoms with Gasteiger partial charge in [0.25, 0.3) is 5.91 Å². The smallest absolute Gasteiger partial charge is 0.254 e. The van der Waals surface area contributed by atoms with Crippen LogP contribution in [-0.4, -0.2) is 47.6 Å². The summed E-state index contributed by atoms with van der Waals surface area (Å²) in [5.74, 6) is 0.350. The van der Waals surface area contributed by atoms with E-state index in [2.05, 4.69) is 6.92 Å². The van der Waals surface area contributed by atoms with E-state index in [1.165, 1.54) is 0 Å². The number of hydrogen-bond donors (Lipinski definition) is 1. The Labute approximate surface area is 143 Å². The Bertz CT molecular complexity index is 599. The van der Waals surface area contributed by atoms with E-state index in [-0.39, 0.29) is 30.4 Å². The number of carbonyl (C=O) groups is 2. The standard InChI is InChI=1S/C19H26N2O3/c1-14-5-6-15(13-22)12-21(14)19(24)16-7-9-17(10-8-16)20-11-3-2-4-18(20)23/h7-10,14-15,22H,2-6,11-13H2,1H3. The molecule has 0 aliphatic carbocycles. The Morgan fingerprint density at radius 1 is 1.21 bits per heavy atom. The largest absolute Gasteiger partial charge is 0.396 e. The van der Waals surface area contributed by atoms with Crippen molar-refractivity contribution in [2.24, 2.45) is 5.92 Å². The summed E-state index contributed by atoms with van der Waals surface area (Å²) in [5, 5.41) is 9.38. The number of likely N-dealkylation sites (tertiary alicyclic amines) is 1. The van der Waals surface area contributed by atoms with Gasteiger partial charge in [-0.05, 0) is 62.8 Å². The average molecular weight is 330 g/mol. The first kappa shape index (κ1) is 17.0. The molecule has 0 radical (unpaired) electrons. The molecule has 3 rings (SSSR count). The van der Waals surface area contributed by atoms with Gasteiger partial charge in [-0.2, -0.15) is 0 Å². The predicted octanol–water partition coefficient (Wildman–Crippen LogP) is 2.44. The highest BCUT2D eigenvalue weighted by Gasteiger charge is 2.29. The van der Waals surface area contributed by atoms with Gasteiger partial charge in [0.05, 0.1) is 0 Å². The molecule has 5 nitrogen and oxygen atoms in total. The highest BCUT2D eigenvalue weighted by atomic mass is 16.3. The average Bonchev–Trinajstić information content (AvgIpc) is 2.62. The molecule has 130 valence electrons. The van der Waals surface area contributed by atoms with Crippen molar-refractivity contribution in [3.8, 4) is 0 Å². The van der Waals surface area contributed by atoms with Gasteiger partial charge in [-0.15, -0.1) is 0 Å². The van der Waals surface area contributed by atoms with Crippen LogP contribution in [0.1, 0.15) is 49.4 Å². The van der Waals surface area contributed by atoms with Gasteiger partial charge < -0.3 is 14.9 Å². The Kier molecular flexibility index (Phi) is 5.19. The van der Waals surface area contributed by atoms with Crippen LogP contribution in [0.3, 0.4) is 0 Å². The minimum absolute atomic E-state index is 0.0113. The number of aliphatic hydroxyl groups excluding tert-OH is 1. The normalized spacial score (nSPS) is 25.0. The van der Waals surface area contributed by atoms with Crippen molar-refractivity contribution in [2.75, 3.05) is 24.6 Å². The van der Waals surface area contributed by atoms with Crippen LogP contribution in [0.15, 0.2) is 24.3 Å². The fourth-order valence-corrected chi connectivity index (χ4v) is 3.64. The van der Waals surface area contributed by atoms with Gasteiger partial charge in [0.1, 0.15) is 0 Å². The van der Waals surface area contributed by atoms with Gasteiger partial charge in [-0.1, -0.05) is 0 Å². The second kappa shape index (κ2) is 7.34. The molecule has 1 aromatic carbocycles. The molecular formula is C19H26N2O3. The lowest BCUT2D eigenvalue weighted by molar-refractivity contribution is -0.119. The zero-order chi connectivity index (χ0) is 17.1. The molecule has 0 bridgehead atoms. The van der Waals surface area contributed by atoms with Crippen LogP contribution < -0.4 is 4.90 Å². The molecule has 2 unspecified atom stereocenters. The van der Waals surface area contributed by atoms with Crippen molar-refractivity contribution in [2.45, 2.75) is 45.1 Å². The van der Waals surface area contributed by atoms with E-state index in [0.29, 0.717) is 18.5 Å². The van der Waals surface area contributed by atoms with Crippen molar-refractivity contribution < 1.29 is 14.7 Å². The topological polar surface area (TPSA) is 60.9 Å². The monoisotopic (exact) mass is 330 g/mol. The van der Waals surface area contributed by atoms with Gasteiger partial charge in [-0.25, -0.2) is 0 Å². The predicted molar refractivity (Wildman–Crippen MR) is 93.0 cm³/mol. The Morgan fingerprint density at radius 2 is 1.96 bits per heavy atom. The second-order valence-corrected chi connectivity index (χ2v) is 6.98. The van der Waals surface area contributed by atoms with Gasteiger partial charge in [0.15, 0.2) is 0 Å². The summed E-state index contributed by atoms with van der Waals surface area (Å²) in [7, 11) is 0.